The molecule has 126 valence electrons. The van der Waals surface area contributed by atoms with Crippen molar-refractivity contribution in [3.63, 3.8) is 0 Å². The maximum absolute atomic E-state index is 12.8. The van der Waals surface area contributed by atoms with Gasteiger partial charge < -0.3 is 14.7 Å². The molecular weight excluding hydrogens is 310 g/mol. The Kier molecular flexibility index (Phi) is 4.61. The van der Waals surface area contributed by atoms with Crippen LogP contribution in [0.2, 0.25) is 0 Å². The number of carbonyl (C=O) groups is 2. The molecule has 1 amide bonds. The van der Waals surface area contributed by atoms with Crippen LogP contribution >= 0.6 is 0 Å². The Hall–Kier alpha value is -2.67. The Balaban J connectivity index is 1.85. The molecule has 1 aliphatic rings. The van der Waals surface area contributed by atoms with Gasteiger partial charge in [-0.15, -0.1) is 0 Å². The van der Waals surface area contributed by atoms with Gasteiger partial charge in [-0.2, -0.15) is 5.10 Å². The highest BCUT2D eigenvalue weighted by Gasteiger charge is 2.31. The minimum absolute atomic E-state index is 0.135. The molecule has 1 N–H and O–H groups in total. The van der Waals surface area contributed by atoms with Crippen LogP contribution in [0.15, 0.2) is 36.4 Å². The lowest BCUT2D eigenvalue weighted by Gasteiger charge is -2.34. The van der Waals surface area contributed by atoms with Crippen LogP contribution in [-0.4, -0.2) is 57.5 Å². The van der Waals surface area contributed by atoms with Crippen molar-refractivity contribution in [2.45, 2.75) is 19.4 Å². The summed E-state index contributed by atoms with van der Waals surface area (Å²) in [5, 5.41) is 13.4. The minimum atomic E-state index is -0.950. The summed E-state index contributed by atoms with van der Waals surface area (Å²) in [5.74, 6) is -1.21. The van der Waals surface area contributed by atoms with Gasteiger partial charge in [0, 0.05) is 12.2 Å². The number of aromatic nitrogens is 2. The predicted molar refractivity (Wildman–Crippen MR) is 86.2 cm³/mol. The maximum atomic E-state index is 12.8. The number of aryl methyl sites for hydroxylation is 1. The van der Waals surface area contributed by atoms with Gasteiger partial charge in [-0.05, 0) is 25.1 Å². The van der Waals surface area contributed by atoms with Crippen molar-refractivity contribution in [1.82, 2.24) is 14.7 Å². The van der Waals surface area contributed by atoms with Gasteiger partial charge in [-0.3, -0.25) is 9.59 Å². The molecular formula is C17H19N3O4. The van der Waals surface area contributed by atoms with E-state index in [0.717, 1.165) is 11.4 Å². The maximum Gasteiger partial charge on any atom is 0.305 e. The molecule has 0 saturated carbocycles. The molecule has 1 fully saturated rings. The van der Waals surface area contributed by atoms with Crippen molar-refractivity contribution in [1.29, 1.82) is 0 Å². The third kappa shape index (κ3) is 3.30. The largest absolute Gasteiger partial charge is 0.481 e. The lowest BCUT2D eigenvalue weighted by Crippen LogP contribution is -2.49. The van der Waals surface area contributed by atoms with Crippen LogP contribution in [0.3, 0.4) is 0 Å². The van der Waals surface area contributed by atoms with Crippen LogP contribution in [0.1, 0.15) is 22.6 Å². The quantitative estimate of drug-likeness (QED) is 0.919. The van der Waals surface area contributed by atoms with E-state index in [-0.39, 0.29) is 18.9 Å². The molecule has 1 aliphatic heterocycles. The Morgan fingerprint density at radius 2 is 2.08 bits per heavy atom. The number of benzene rings is 1. The van der Waals surface area contributed by atoms with Gasteiger partial charge in [0.1, 0.15) is 0 Å². The Morgan fingerprint density at radius 1 is 1.33 bits per heavy atom. The second kappa shape index (κ2) is 6.84. The zero-order chi connectivity index (χ0) is 17.1. The standard InChI is InChI=1S/C17H19N3O4/c1-12-9-15(18-20(12)13-5-3-2-4-6-13)17(23)19-7-8-24-11-14(19)10-16(21)22/h2-6,9,14H,7-8,10-11H2,1H3,(H,21,22). The number of nitrogens with zero attached hydrogens (tertiary/aromatic N) is 3. The summed E-state index contributed by atoms with van der Waals surface area (Å²) < 4.78 is 7.02. The molecule has 2 heterocycles. The molecule has 7 heteroatoms. The van der Waals surface area contributed by atoms with E-state index in [1.54, 1.807) is 15.6 Å². The second-order valence-electron chi connectivity index (χ2n) is 5.74. The number of carboxylic acids is 1. The zero-order valence-corrected chi connectivity index (χ0v) is 13.4. The van der Waals surface area contributed by atoms with Crippen molar-refractivity contribution in [3.05, 3.63) is 47.8 Å². The summed E-state index contributed by atoms with van der Waals surface area (Å²) in [7, 11) is 0. The fraction of sp³-hybridized carbons (Fsp3) is 0.353. The van der Waals surface area contributed by atoms with Crippen LogP contribution in [0.4, 0.5) is 0 Å². The van der Waals surface area contributed by atoms with Gasteiger partial charge in [0.05, 0.1) is 31.4 Å². The number of carboxylic acid groups (broad SMARTS) is 1. The molecule has 0 bridgehead atoms. The summed E-state index contributed by atoms with van der Waals surface area (Å²) in [6.07, 6.45) is -0.135. The molecule has 1 atom stereocenters. The van der Waals surface area contributed by atoms with Crippen LogP contribution < -0.4 is 0 Å². The van der Waals surface area contributed by atoms with E-state index < -0.39 is 12.0 Å². The third-order valence-electron chi connectivity index (χ3n) is 4.01. The molecule has 3 rings (SSSR count). The highest BCUT2D eigenvalue weighted by atomic mass is 16.5. The van der Waals surface area contributed by atoms with Crippen molar-refractivity contribution in [3.8, 4) is 5.69 Å². The summed E-state index contributed by atoms with van der Waals surface area (Å²) in [6, 6.07) is 10.8. The lowest BCUT2D eigenvalue weighted by molar-refractivity contribution is -0.139. The highest BCUT2D eigenvalue weighted by Crippen LogP contribution is 2.17. The SMILES string of the molecule is Cc1cc(C(=O)N2CCOCC2CC(=O)O)nn1-c1ccccc1. The van der Waals surface area contributed by atoms with Gasteiger partial charge in [0.25, 0.3) is 5.91 Å². The number of amides is 1. The Bertz CT molecular complexity index is 742. The van der Waals surface area contributed by atoms with Gasteiger partial charge in [0.2, 0.25) is 0 Å². The number of carbonyl (C=O) groups excluding carboxylic acids is 1. The van der Waals surface area contributed by atoms with Crippen LogP contribution in [-0.2, 0) is 9.53 Å². The van der Waals surface area contributed by atoms with Gasteiger partial charge in [0.15, 0.2) is 5.69 Å². The zero-order valence-electron chi connectivity index (χ0n) is 13.4. The molecule has 1 saturated heterocycles. The molecule has 1 aromatic heterocycles. The average Bonchev–Trinajstić information content (AvgIpc) is 2.97. The van der Waals surface area contributed by atoms with E-state index in [1.165, 1.54) is 0 Å². The average molecular weight is 329 g/mol. The van der Waals surface area contributed by atoms with Crippen LogP contribution in [0.5, 0.6) is 0 Å². The predicted octanol–water partition coefficient (Wildman–Crippen LogP) is 1.50. The fourth-order valence-electron chi connectivity index (χ4n) is 2.85. The topological polar surface area (TPSA) is 84.7 Å². The van der Waals surface area contributed by atoms with Crippen molar-refractivity contribution < 1.29 is 19.4 Å². The Labute approximate surface area is 139 Å². The van der Waals surface area contributed by atoms with Crippen LogP contribution in [0.25, 0.3) is 5.69 Å². The molecule has 7 nitrogen and oxygen atoms in total. The van der Waals surface area contributed by atoms with Crippen molar-refractivity contribution in [2.24, 2.45) is 0 Å². The molecule has 2 aromatic rings. The van der Waals surface area contributed by atoms with Crippen LogP contribution in [0, 0.1) is 6.92 Å². The molecule has 0 radical (unpaired) electrons. The molecule has 1 aromatic carbocycles. The number of ether oxygens (including phenoxy) is 1. The number of morpholine rings is 1. The van der Waals surface area contributed by atoms with E-state index in [0.29, 0.717) is 18.8 Å². The molecule has 24 heavy (non-hydrogen) atoms. The van der Waals surface area contributed by atoms with Crippen molar-refractivity contribution in [2.75, 3.05) is 19.8 Å². The first kappa shape index (κ1) is 16.2. The number of rotatable bonds is 4. The van der Waals surface area contributed by atoms with Gasteiger partial charge >= 0.3 is 5.97 Å². The summed E-state index contributed by atoms with van der Waals surface area (Å²) >= 11 is 0. The van der Waals surface area contributed by atoms with E-state index in [1.807, 2.05) is 37.3 Å². The second-order valence-corrected chi connectivity index (χ2v) is 5.74. The summed E-state index contributed by atoms with van der Waals surface area (Å²) in [5.41, 5.74) is 2.03. The molecule has 0 spiro atoms. The molecule has 1 unspecified atom stereocenters. The monoisotopic (exact) mass is 329 g/mol. The third-order valence-corrected chi connectivity index (χ3v) is 4.01. The first-order valence-electron chi connectivity index (χ1n) is 7.79. The normalized spacial score (nSPS) is 17.7. The smallest absolute Gasteiger partial charge is 0.305 e. The Morgan fingerprint density at radius 3 is 2.79 bits per heavy atom. The number of hydrogen-bond acceptors (Lipinski definition) is 4. The fourth-order valence-corrected chi connectivity index (χ4v) is 2.85. The summed E-state index contributed by atoms with van der Waals surface area (Å²) in [4.78, 5) is 25.3. The van der Waals surface area contributed by atoms with E-state index in [9.17, 15) is 9.59 Å². The number of aliphatic carboxylic acids is 1. The van der Waals surface area contributed by atoms with E-state index in [4.69, 9.17) is 9.84 Å². The number of para-hydroxylation sites is 1. The highest BCUT2D eigenvalue weighted by molar-refractivity contribution is 5.93. The first-order chi connectivity index (χ1) is 11.6. The summed E-state index contributed by atoms with van der Waals surface area (Å²) in [6.45, 7) is 2.88. The minimum Gasteiger partial charge on any atom is -0.481 e. The van der Waals surface area contributed by atoms with Gasteiger partial charge in [-0.1, -0.05) is 18.2 Å². The van der Waals surface area contributed by atoms with Gasteiger partial charge in [-0.25, -0.2) is 4.68 Å². The lowest BCUT2D eigenvalue weighted by atomic mass is 10.1. The molecule has 0 aliphatic carbocycles. The van der Waals surface area contributed by atoms with E-state index in [2.05, 4.69) is 5.10 Å². The van der Waals surface area contributed by atoms with Crippen molar-refractivity contribution >= 4 is 11.9 Å². The number of hydrogen-bond donors (Lipinski definition) is 1. The van der Waals surface area contributed by atoms with E-state index >= 15 is 0 Å². The first-order valence-corrected chi connectivity index (χ1v) is 7.79.